The van der Waals surface area contributed by atoms with Crippen LogP contribution in [-0.4, -0.2) is 33.5 Å². The summed E-state index contributed by atoms with van der Waals surface area (Å²) < 4.78 is 58.7. The maximum absolute atomic E-state index is 13.5. The molecule has 0 aliphatic carbocycles. The Morgan fingerprint density at radius 3 is 2.47 bits per heavy atom. The van der Waals surface area contributed by atoms with Gasteiger partial charge in [0.1, 0.15) is 6.61 Å². The van der Waals surface area contributed by atoms with Crippen LogP contribution in [0.4, 0.5) is 17.6 Å². The number of nitrogens with one attached hydrogen (secondary N) is 1. The highest BCUT2D eigenvalue weighted by atomic mass is 19.4. The molecule has 0 spiro atoms. The summed E-state index contributed by atoms with van der Waals surface area (Å²) in [5.41, 5.74) is 0.489. The largest absolute Gasteiger partial charge is 0.494 e. The van der Waals surface area contributed by atoms with Gasteiger partial charge in [-0.15, -0.1) is 0 Å². The molecule has 0 bridgehead atoms. The first-order chi connectivity index (χ1) is 8.87. The van der Waals surface area contributed by atoms with E-state index >= 15 is 0 Å². The molecule has 0 amide bonds. The van der Waals surface area contributed by atoms with Crippen molar-refractivity contribution in [1.82, 2.24) is 5.32 Å². The Kier molecular flexibility index (Phi) is 5.56. The molecule has 0 aromatic heterocycles. The fourth-order valence-electron chi connectivity index (χ4n) is 1.54. The second kappa shape index (κ2) is 6.72. The van der Waals surface area contributed by atoms with Crippen molar-refractivity contribution in [3.63, 3.8) is 0 Å². The lowest BCUT2D eigenvalue weighted by Crippen LogP contribution is -2.25. The minimum absolute atomic E-state index is 0.0785. The van der Waals surface area contributed by atoms with Crippen LogP contribution >= 0.6 is 0 Å². The molecule has 0 radical (unpaired) electrons. The van der Waals surface area contributed by atoms with Gasteiger partial charge in [0.25, 0.3) is 0 Å². The zero-order chi connectivity index (χ0) is 14.5. The van der Waals surface area contributed by atoms with E-state index < -0.39 is 24.6 Å². The molecule has 1 N–H and O–H groups in total. The summed E-state index contributed by atoms with van der Waals surface area (Å²) >= 11 is 0. The van der Waals surface area contributed by atoms with Crippen LogP contribution < -0.4 is 10.1 Å². The van der Waals surface area contributed by atoms with Crippen molar-refractivity contribution in [2.24, 2.45) is 0 Å². The van der Waals surface area contributed by atoms with E-state index in [9.17, 15) is 17.6 Å². The number of benzene rings is 1. The van der Waals surface area contributed by atoms with Crippen molar-refractivity contribution >= 4 is 0 Å². The molecule has 108 valence electrons. The first-order valence-corrected chi connectivity index (χ1v) is 5.52. The fraction of sp³-hybridized carbons (Fsp3) is 0.500. The van der Waals surface area contributed by atoms with Crippen LogP contribution in [0, 0.1) is 5.82 Å². The molecule has 0 saturated heterocycles. The number of ether oxygens (including phenoxy) is 2. The third kappa shape index (κ3) is 5.04. The Hall–Kier alpha value is -1.34. The van der Waals surface area contributed by atoms with Gasteiger partial charge < -0.3 is 14.8 Å². The monoisotopic (exact) mass is 281 g/mol. The summed E-state index contributed by atoms with van der Waals surface area (Å²) in [6, 6.07) is 3.66. The molecule has 1 rings (SSSR count). The van der Waals surface area contributed by atoms with E-state index in [1.165, 1.54) is 19.2 Å². The molecule has 1 aromatic rings. The fourth-order valence-corrected chi connectivity index (χ4v) is 1.54. The van der Waals surface area contributed by atoms with E-state index in [1.54, 1.807) is 13.1 Å². The lowest BCUT2D eigenvalue weighted by atomic mass is 10.1. The molecule has 7 heteroatoms. The van der Waals surface area contributed by atoms with Gasteiger partial charge in [0.15, 0.2) is 11.6 Å². The number of rotatable bonds is 6. The number of alkyl halides is 3. The molecule has 0 fully saturated rings. The lowest BCUT2D eigenvalue weighted by Gasteiger charge is -2.18. The highest BCUT2D eigenvalue weighted by Crippen LogP contribution is 2.22. The Morgan fingerprint density at radius 1 is 1.32 bits per heavy atom. The van der Waals surface area contributed by atoms with Crippen molar-refractivity contribution < 1.29 is 27.0 Å². The number of likely N-dealkylation sites (N-methyl/N-ethyl adjacent to an activating group) is 1. The van der Waals surface area contributed by atoms with E-state index in [1.807, 2.05) is 0 Å². The highest BCUT2D eigenvalue weighted by Gasteiger charge is 2.28. The summed E-state index contributed by atoms with van der Waals surface area (Å²) in [5.74, 6) is -0.495. The Labute approximate surface area is 108 Å². The van der Waals surface area contributed by atoms with Crippen molar-refractivity contribution in [2.75, 3.05) is 27.4 Å². The number of hydrogen-bond acceptors (Lipinski definition) is 3. The van der Waals surface area contributed by atoms with Crippen LogP contribution in [0.1, 0.15) is 11.6 Å². The number of halogens is 4. The molecule has 0 saturated carbocycles. The quantitative estimate of drug-likeness (QED) is 0.813. The second-order valence-electron chi connectivity index (χ2n) is 3.87. The van der Waals surface area contributed by atoms with E-state index in [0.29, 0.717) is 5.56 Å². The SMILES string of the molecule is CNC(COCC(F)(F)F)c1ccc(OC)c(F)c1. The number of hydrogen-bond donors (Lipinski definition) is 1. The summed E-state index contributed by atoms with van der Waals surface area (Å²) in [6.07, 6.45) is -4.37. The van der Waals surface area contributed by atoms with E-state index in [-0.39, 0.29) is 12.4 Å². The Balaban J connectivity index is 2.67. The van der Waals surface area contributed by atoms with Gasteiger partial charge in [0.2, 0.25) is 0 Å². The summed E-state index contributed by atoms with van der Waals surface area (Å²) in [4.78, 5) is 0. The van der Waals surface area contributed by atoms with Gasteiger partial charge in [-0.2, -0.15) is 13.2 Å². The first kappa shape index (κ1) is 15.7. The van der Waals surface area contributed by atoms with Gasteiger partial charge in [0.05, 0.1) is 19.8 Å². The highest BCUT2D eigenvalue weighted by molar-refractivity contribution is 5.31. The average Bonchev–Trinajstić information content (AvgIpc) is 2.33. The van der Waals surface area contributed by atoms with E-state index in [0.717, 1.165) is 0 Å². The van der Waals surface area contributed by atoms with Crippen molar-refractivity contribution in [2.45, 2.75) is 12.2 Å². The predicted molar refractivity (Wildman–Crippen MR) is 61.6 cm³/mol. The molecule has 1 atom stereocenters. The van der Waals surface area contributed by atoms with Crippen LogP contribution in [-0.2, 0) is 4.74 Å². The summed E-state index contributed by atoms with van der Waals surface area (Å²) in [6.45, 7) is -1.54. The molecule has 1 aromatic carbocycles. The zero-order valence-corrected chi connectivity index (χ0v) is 10.6. The predicted octanol–water partition coefficient (Wildman–Crippen LogP) is 2.67. The molecular weight excluding hydrogens is 266 g/mol. The van der Waals surface area contributed by atoms with Crippen molar-refractivity contribution in [3.8, 4) is 5.75 Å². The average molecular weight is 281 g/mol. The van der Waals surface area contributed by atoms with E-state index in [2.05, 4.69) is 10.1 Å². The molecule has 0 heterocycles. The van der Waals surface area contributed by atoms with Crippen LogP contribution in [0.25, 0.3) is 0 Å². The summed E-state index contributed by atoms with van der Waals surface area (Å²) in [5, 5.41) is 2.77. The third-order valence-corrected chi connectivity index (χ3v) is 2.48. The third-order valence-electron chi connectivity index (χ3n) is 2.48. The van der Waals surface area contributed by atoms with E-state index in [4.69, 9.17) is 4.74 Å². The minimum Gasteiger partial charge on any atom is -0.494 e. The maximum Gasteiger partial charge on any atom is 0.411 e. The van der Waals surface area contributed by atoms with Gasteiger partial charge >= 0.3 is 6.18 Å². The van der Waals surface area contributed by atoms with Gasteiger partial charge in [-0.25, -0.2) is 4.39 Å². The first-order valence-electron chi connectivity index (χ1n) is 5.52. The molecule has 3 nitrogen and oxygen atoms in total. The minimum atomic E-state index is -4.37. The summed E-state index contributed by atoms with van der Waals surface area (Å²) in [7, 11) is 2.89. The van der Waals surface area contributed by atoms with Crippen LogP contribution in [0.5, 0.6) is 5.75 Å². The smallest absolute Gasteiger partial charge is 0.411 e. The Bertz CT molecular complexity index is 409. The van der Waals surface area contributed by atoms with Crippen LogP contribution in [0.2, 0.25) is 0 Å². The number of methoxy groups -OCH3 is 1. The molecule has 0 aliphatic rings. The van der Waals surface area contributed by atoms with Gasteiger partial charge in [-0.05, 0) is 24.7 Å². The van der Waals surface area contributed by atoms with Crippen molar-refractivity contribution in [3.05, 3.63) is 29.6 Å². The second-order valence-corrected chi connectivity index (χ2v) is 3.87. The topological polar surface area (TPSA) is 30.5 Å². The van der Waals surface area contributed by atoms with Crippen LogP contribution in [0.15, 0.2) is 18.2 Å². The lowest BCUT2D eigenvalue weighted by molar-refractivity contribution is -0.175. The van der Waals surface area contributed by atoms with Crippen LogP contribution in [0.3, 0.4) is 0 Å². The standard InChI is InChI=1S/C12H15F4NO2/c1-17-10(6-19-7-12(14,15)16)8-3-4-11(18-2)9(13)5-8/h3-5,10,17H,6-7H2,1-2H3. The molecular formula is C12H15F4NO2. The van der Waals surface area contributed by atoms with Gasteiger partial charge in [0, 0.05) is 0 Å². The molecule has 0 aliphatic heterocycles. The molecule has 1 unspecified atom stereocenters. The van der Waals surface area contributed by atoms with Gasteiger partial charge in [-0.1, -0.05) is 6.07 Å². The normalized spacial score (nSPS) is 13.4. The van der Waals surface area contributed by atoms with Crippen molar-refractivity contribution in [1.29, 1.82) is 0 Å². The molecule has 19 heavy (non-hydrogen) atoms. The Morgan fingerprint density at radius 2 is 2.00 bits per heavy atom. The van der Waals surface area contributed by atoms with Gasteiger partial charge in [-0.3, -0.25) is 0 Å². The zero-order valence-electron chi connectivity index (χ0n) is 10.6. The maximum atomic E-state index is 13.5.